The van der Waals surface area contributed by atoms with Crippen LogP contribution in [0.15, 0.2) is 53.5 Å². The molecule has 7 heteroatoms. The molecule has 3 rings (SSSR count). The number of fused-ring (bicyclic) bond motifs is 1. The number of H-pyrrole nitrogens is 1. The fourth-order valence-electron chi connectivity index (χ4n) is 2.71. The minimum atomic E-state index is -4.51. The molecule has 0 bridgehead atoms. The van der Waals surface area contributed by atoms with Gasteiger partial charge in [-0.2, -0.15) is 13.2 Å². The van der Waals surface area contributed by atoms with E-state index in [2.05, 4.69) is 10.3 Å². The third-order valence-corrected chi connectivity index (χ3v) is 4.10. The molecule has 26 heavy (non-hydrogen) atoms. The first-order valence-electron chi connectivity index (χ1n) is 7.93. The van der Waals surface area contributed by atoms with E-state index >= 15 is 0 Å². The summed E-state index contributed by atoms with van der Waals surface area (Å²) in [6.45, 7) is 1.94. The van der Waals surface area contributed by atoms with E-state index in [9.17, 15) is 22.8 Å². The zero-order valence-corrected chi connectivity index (χ0v) is 13.8. The molecule has 0 saturated carbocycles. The van der Waals surface area contributed by atoms with Crippen LogP contribution in [0, 0.1) is 0 Å². The van der Waals surface area contributed by atoms with Crippen LogP contribution in [0.2, 0.25) is 0 Å². The molecule has 2 N–H and O–H groups in total. The fraction of sp³-hybridized carbons (Fsp3) is 0.158. The van der Waals surface area contributed by atoms with Crippen LogP contribution in [0.5, 0.6) is 0 Å². The van der Waals surface area contributed by atoms with Crippen molar-refractivity contribution in [2.24, 2.45) is 0 Å². The smallest absolute Gasteiger partial charge is 0.360 e. The maximum Gasteiger partial charge on any atom is 0.416 e. The number of halogens is 3. The predicted molar refractivity (Wildman–Crippen MR) is 93.3 cm³/mol. The number of alkyl halides is 3. The van der Waals surface area contributed by atoms with Gasteiger partial charge in [0.1, 0.15) is 5.56 Å². The first-order chi connectivity index (χ1) is 12.3. The van der Waals surface area contributed by atoms with Crippen molar-refractivity contribution < 1.29 is 18.0 Å². The Morgan fingerprint density at radius 3 is 2.58 bits per heavy atom. The number of aromatic amines is 1. The van der Waals surface area contributed by atoms with Crippen molar-refractivity contribution in [1.82, 2.24) is 4.98 Å². The normalized spacial score (nSPS) is 11.5. The van der Waals surface area contributed by atoms with Crippen molar-refractivity contribution in [1.29, 1.82) is 0 Å². The number of hydrogen-bond donors (Lipinski definition) is 2. The zero-order chi connectivity index (χ0) is 18.9. The molecule has 0 radical (unpaired) electrons. The first kappa shape index (κ1) is 17.7. The van der Waals surface area contributed by atoms with Gasteiger partial charge in [-0.05, 0) is 36.2 Å². The minimum Gasteiger partial charge on any atom is -0.360 e. The molecular formula is C19H15F3N2O2. The van der Waals surface area contributed by atoms with Crippen LogP contribution in [0.4, 0.5) is 18.9 Å². The molecule has 1 aromatic heterocycles. The van der Waals surface area contributed by atoms with E-state index in [-0.39, 0.29) is 16.5 Å². The van der Waals surface area contributed by atoms with E-state index in [1.807, 2.05) is 19.1 Å². The number of benzene rings is 2. The Bertz CT molecular complexity index is 1040. The Balaban J connectivity index is 1.99. The lowest BCUT2D eigenvalue weighted by molar-refractivity contribution is -0.137. The van der Waals surface area contributed by atoms with Gasteiger partial charge in [0.25, 0.3) is 5.91 Å². The number of anilines is 1. The van der Waals surface area contributed by atoms with E-state index < -0.39 is 23.1 Å². The van der Waals surface area contributed by atoms with Gasteiger partial charge < -0.3 is 10.3 Å². The molecular weight excluding hydrogens is 345 g/mol. The molecule has 0 aliphatic heterocycles. The topological polar surface area (TPSA) is 62.0 Å². The van der Waals surface area contributed by atoms with Crippen LogP contribution in [0.25, 0.3) is 10.9 Å². The number of aryl methyl sites for hydroxylation is 1. The highest BCUT2D eigenvalue weighted by molar-refractivity contribution is 6.06. The SMILES string of the molecule is CCc1ccccc1NC(=O)c1c[nH]c2cc(C(F)(F)F)ccc2c1=O. The van der Waals surface area contributed by atoms with Gasteiger partial charge in [-0.3, -0.25) is 9.59 Å². The summed E-state index contributed by atoms with van der Waals surface area (Å²) < 4.78 is 38.3. The number of carbonyl (C=O) groups excluding carboxylic acids is 1. The Morgan fingerprint density at radius 1 is 1.15 bits per heavy atom. The summed E-state index contributed by atoms with van der Waals surface area (Å²) in [6, 6.07) is 9.94. The Labute approximate surface area is 146 Å². The first-order valence-corrected chi connectivity index (χ1v) is 7.93. The van der Waals surface area contributed by atoms with Crippen molar-refractivity contribution in [3.8, 4) is 0 Å². The van der Waals surface area contributed by atoms with Gasteiger partial charge in [0.2, 0.25) is 5.43 Å². The molecule has 0 saturated heterocycles. The summed E-state index contributed by atoms with van der Waals surface area (Å²) in [5, 5.41) is 2.70. The van der Waals surface area contributed by atoms with Crippen molar-refractivity contribution >= 4 is 22.5 Å². The summed E-state index contributed by atoms with van der Waals surface area (Å²) in [6.07, 6.45) is -2.68. The van der Waals surface area contributed by atoms with E-state index in [1.165, 1.54) is 0 Å². The lowest BCUT2D eigenvalue weighted by Crippen LogP contribution is -2.22. The fourth-order valence-corrected chi connectivity index (χ4v) is 2.71. The highest BCUT2D eigenvalue weighted by atomic mass is 19.4. The van der Waals surface area contributed by atoms with Gasteiger partial charge in [0.15, 0.2) is 0 Å². The molecule has 0 unspecified atom stereocenters. The molecule has 0 fully saturated rings. The van der Waals surface area contributed by atoms with E-state index in [0.29, 0.717) is 12.1 Å². The molecule has 0 aliphatic rings. The number of rotatable bonds is 3. The number of para-hydroxylation sites is 1. The summed E-state index contributed by atoms with van der Waals surface area (Å²) in [5.74, 6) is -0.617. The summed E-state index contributed by atoms with van der Waals surface area (Å²) >= 11 is 0. The minimum absolute atomic E-state index is 0.0226. The molecule has 0 atom stereocenters. The lowest BCUT2D eigenvalue weighted by atomic mass is 10.1. The Kier molecular flexibility index (Phi) is 4.54. The summed E-state index contributed by atoms with van der Waals surface area (Å²) in [5.41, 5.74) is -0.132. The zero-order valence-electron chi connectivity index (χ0n) is 13.8. The van der Waals surface area contributed by atoms with Crippen molar-refractivity contribution in [3.63, 3.8) is 0 Å². The molecule has 0 aliphatic carbocycles. The number of amides is 1. The van der Waals surface area contributed by atoms with Crippen LogP contribution >= 0.6 is 0 Å². The van der Waals surface area contributed by atoms with Crippen LogP contribution in [0.1, 0.15) is 28.4 Å². The average molecular weight is 360 g/mol. The second-order valence-corrected chi connectivity index (χ2v) is 5.75. The third kappa shape index (κ3) is 3.33. The van der Waals surface area contributed by atoms with Gasteiger partial charge in [0, 0.05) is 22.8 Å². The predicted octanol–water partition coefficient (Wildman–Crippen LogP) is 4.36. The largest absolute Gasteiger partial charge is 0.416 e. The van der Waals surface area contributed by atoms with Crippen molar-refractivity contribution in [2.75, 3.05) is 5.32 Å². The van der Waals surface area contributed by atoms with E-state index in [4.69, 9.17) is 0 Å². The van der Waals surface area contributed by atoms with Crippen LogP contribution in [-0.4, -0.2) is 10.9 Å². The molecule has 1 amide bonds. The van der Waals surface area contributed by atoms with E-state index in [0.717, 1.165) is 30.0 Å². The number of carbonyl (C=O) groups is 1. The lowest BCUT2D eigenvalue weighted by Gasteiger charge is -2.11. The molecule has 4 nitrogen and oxygen atoms in total. The highest BCUT2D eigenvalue weighted by Crippen LogP contribution is 2.30. The molecule has 3 aromatic rings. The van der Waals surface area contributed by atoms with Crippen LogP contribution < -0.4 is 10.7 Å². The maximum atomic E-state index is 12.8. The third-order valence-electron chi connectivity index (χ3n) is 4.10. The molecule has 2 aromatic carbocycles. The van der Waals surface area contributed by atoms with Crippen molar-refractivity contribution in [2.45, 2.75) is 19.5 Å². The Hall–Kier alpha value is -3.09. The van der Waals surface area contributed by atoms with Crippen molar-refractivity contribution in [3.05, 3.63) is 75.6 Å². The quantitative estimate of drug-likeness (QED) is 0.729. The van der Waals surface area contributed by atoms with Gasteiger partial charge in [0.05, 0.1) is 5.56 Å². The van der Waals surface area contributed by atoms with Gasteiger partial charge in [-0.25, -0.2) is 0 Å². The number of hydrogen-bond acceptors (Lipinski definition) is 2. The monoisotopic (exact) mass is 360 g/mol. The molecule has 134 valence electrons. The second kappa shape index (κ2) is 6.67. The Morgan fingerprint density at radius 2 is 1.88 bits per heavy atom. The van der Waals surface area contributed by atoms with Crippen LogP contribution in [-0.2, 0) is 12.6 Å². The number of pyridine rings is 1. The van der Waals surface area contributed by atoms with E-state index in [1.54, 1.807) is 12.1 Å². The molecule has 0 spiro atoms. The van der Waals surface area contributed by atoms with Gasteiger partial charge in [-0.1, -0.05) is 25.1 Å². The standard InChI is InChI=1S/C19H15F3N2O2/c1-2-11-5-3-4-6-15(11)24-18(26)14-10-23-16-9-12(19(20,21)22)7-8-13(16)17(14)25/h3-10H,2H2,1H3,(H,23,25)(H,24,26). The maximum absolute atomic E-state index is 12.8. The highest BCUT2D eigenvalue weighted by Gasteiger charge is 2.30. The van der Waals surface area contributed by atoms with Crippen LogP contribution in [0.3, 0.4) is 0 Å². The average Bonchev–Trinajstić information content (AvgIpc) is 2.61. The summed E-state index contributed by atoms with van der Waals surface area (Å²) in [4.78, 5) is 27.6. The molecule has 1 heterocycles. The number of aromatic nitrogens is 1. The second-order valence-electron chi connectivity index (χ2n) is 5.75. The number of nitrogens with one attached hydrogen (secondary N) is 2. The van der Waals surface area contributed by atoms with Gasteiger partial charge >= 0.3 is 6.18 Å². The summed E-state index contributed by atoms with van der Waals surface area (Å²) in [7, 11) is 0. The van der Waals surface area contributed by atoms with Gasteiger partial charge in [-0.15, -0.1) is 0 Å².